The lowest BCUT2D eigenvalue weighted by Crippen LogP contribution is -2.53. The molecule has 0 aliphatic heterocycles. The molecule has 1 aromatic heterocycles. The Morgan fingerprint density at radius 2 is 2.00 bits per heavy atom. The van der Waals surface area contributed by atoms with Gasteiger partial charge in [0.2, 0.25) is 5.91 Å². The van der Waals surface area contributed by atoms with Crippen LogP contribution >= 0.6 is 0 Å². The average molecular weight is 305 g/mol. The second-order valence-corrected chi connectivity index (χ2v) is 7.08. The zero-order valence-corrected chi connectivity index (χ0v) is 13.6. The SMILES string of the molecule is Cc1noc(C)c1CCC(=O)NC1C2CCCC1CC(N)C2. The van der Waals surface area contributed by atoms with Crippen LogP contribution in [0.4, 0.5) is 0 Å². The number of aryl methyl sites for hydroxylation is 2. The largest absolute Gasteiger partial charge is 0.361 e. The summed E-state index contributed by atoms with van der Waals surface area (Å²) in [5.41, 5.74) is 8.11. The summed E-state index contributed by atoms with van der Waals surface area (Å²) in [4.78, 5) is 12.3. The van der Waals surface area contributed by atoms with Crippen molar-refractivity contribution < 1.29 is 9.32 Å². The lowest BCUT2D eigenvalue weighted by atomic mass is 9.67. The summed E-state index contributed by atoms with van der Waals surface area (Å²) in [6, 6.07) is 0.663. The molecule has 0 aromatic carbocycles. The van der Waals surface area contributed by atoms with Crippen molar-refractivity contribution in [2.75, 3.05) is 0 Å². The maximum absolute atomic E-state index is 12.3. The minimum absolute atomic E-state index is 0.150. The van der Waals surface area contributed by atoms with Crippen molar-refractivity contribution in [3.05, 3.63) is 17.0 Å². The number of rotatable bonds is 4. The van der Waals surface area contributed by atoms with Gasteiger partial charge in [-0.3, -0.25) is 4.79 Å². The van der Waals surface area contributed by atoms with E-state index >= 15 is 0 Å². The Labute approximate surface area is 132 Å². The summed E-state index contributed by atoms with van der Waals surface area (Å²) in [6.07, 6.45) is 7.03. The van der Waals surface area contributed by atoms with Crippen molar-refractivity contribution in [3.63, 3.8) is 0 Å². The van der Waals surface area contributed by atoms with E-state index in [2.05, 4.69) is 10.5 Å². The number of amides is 1. The van der Waals surface area contributed by atoms with Crippen LogP contribution in [0.25, 0.3) is 0 Å². The second-order valence-electron chi connectivity index (χ2n) is 7.08. The highest BCUT2D eigenvalue weighted by atomic mass is 16.5. The molecule has 1 amide bonds. The molecule has 3 N–H and O–H groups in total. The number of nitrogens with zero attached hydrogens (tertiary/aromatic N) is 1. The van der Waals surface area contributed by atoms with Crippen LogP contribution < -0.4 is 11.1 Å². The van der Waals surface area contributed by atoms with Gasteiger partial charge < -0.3 is 15.6 Å². The molecule has 2 fully saturated rings. The molecule has 2 saturated carbocycles. The average Bonchev–Trinajstić information content (AvgIpc) is 2.77. The van der Waals surface area contributed by atoms with Crippen LogP contribution in [0.5, 0.6) is 0 Å². The monoisotopic (exact) mass is 305 g/mol. The first-order valence-corrected chi connectivity index (χ1v) is 8.51. The number of carbonyl (C=O) groups excluding carboxylic acids is 1. The first-order chi connectivity index (χ1) is 10.5. The van der Waals surface area contributed by atoms with Gasteiger partial charge in [-0.25, -0.2) is 0 Å². The lowest BCUT2D eigenvalue weighted by molar-refractivity contribution is -0.123. The number of fused-ring (bicyclic) bond motifs is 2. The van der Waals surface area contributed by atoms with E-state index in [0.29, 0.717) is 36.8 Å². The van der Waals surface area contributed by atoms with Crippen LogP contribution in [-0.2, 0) is 11.2 Å². The molecule has 22 heavy (non-hydrogen) atoms. The van der Waals surface area contributed by atoms with E-state index in [1.54, 1.807) is 0 Å². The Balaban J connectivity index is 1.55. The maximum atomic E-state index is 12.3. The predicted molar refractivity (Wildman–Crippen MR) is 84.3 cm³/mol. The summed E-state index contributed by atoms with van der Waals surface area (Å²) in [7, 11) is 0. The summed E-state index contributed by atoms with van der Waals surface area (Å²) in [5, 5.41) is 7.24. The topological polar surface area (TPSA) is 81.2 Å². The number of nitrogens with two attached hydrogens (primary N) is 1. The van der Waals surface area contributed by atoms with E-state index in [1.807, 2.05) is 13.8 Å². The molecule has 5 nitrogen and oxygen atoms in total. The molecule has 2 aliphatic carbocycles. The van der Waals surface area contributed by atoms with Crippen molar-refractivity contribution >= 4 is 5.91 Å². The second kappa shape index (κ2) is 6.41. The summed E-state index contributed by atoms with van der Waals surface area (Å²) >= 11 is 0. The number of hydrogen-bond donors (Lipinski definition) is 2. The summed E-state index contributed by atoms with van der Waals surface area (Å²) in [6.45, 7) is 3.83. The van der Waals surface area contributed by atoms with Gasteiger partial charge in [0, 0.05) is 24.1 Å². The fourth-order valence-corrected chi connectivity index (χ4v) is 4.38. The van der Waals surface area contributed by atoms with Gasteiger partial charge in [-0.05, 0) is 57.8 Å². The van der Waals surface area contributed by atoms with Gasteiger partial charge in [-0.2, -0.15) is 0 Å². The Bertz CT molecular complexity index is 507. The minimum atomic E-state index is 0.150. The third-order valence-electron chi connectivity index (χ3n) is 5.49. The highest BCUT2D eigenvalue weighted by molar-refractivity contribution is 5.76. The normalized spacial score (nSPS) is 31.0. The summed E-state index contributed by atoms with van der Waals surface area (Å²) in [5.74, 6) is 2.12. The van der Waals surface area contributed by atoms with E-state index in [4.69, 9.17) is 10.3 Å². The molecular formula is C17H27N3O2. The van der Waals surface area contributed by atoms with Crippen molar-refractivity contribution in [1.29, 1.82) is 0 Å². The summed E-state index contributed by atoms with van der Waals surface area (Å²) < 4.78 is 5.15. The molecule has 1 aromatic rings. The van der Waals surface area contributed by atoms with Crippen molar-refractivity contribution in [2.45, 2.75) is 70.9 Å². The molecule has 0 spiro atoms. The molecule has 2 bridgehead atoms. The molecule has 122 valence electrons. The van der Waals surface area contributed by atoms with Crippen LogP contribution in [0.2, 0.25) is 0 Å². The Kier molecular flexibility index (Phi) is 4.52. The third kappa shape index (κ3) is 3.19. The van der Waals surface area contributed by atoms with Gasteiger partial charge in [-0.15, -0.1) is 0 Å². The van der Waals surface area contributed by atoms with Crippen LogP contribution in [0, 0.1) is 25.7 Å². The Hall–Kier alpha value is -1.36. The van der Waals surface area contributed by atoms with Crippen molar-refractivity contribution in [1.82, 2.24) is 10.5 Å². The molecular weight excluding hydrogens is 278 g/mol. The first-order valence-electron chi connectivity index (χ1n) is 8.51. The molecule has 0 saturated heterocycles. The van der Waals surface area contributed by atoms with Gasteiger partial charge in [0.1, 0.15) is 5.76 Å². The minimum Gasteiger partial charge on any atom is -0.361 e. The van der Waals surface area contributed by atoms with Crippen molar-refractivity contribution in [3.8, 4) is 0 Å². The fourth-order valence-electron chi connectivity index (χ4n) is 4.38. The number of hydrogen-bond acceptors (Lipinski definition) is 4. The fraction of sp³-hybridized carbons (Fsp3) is 0.765. The highest BCUT2D eigenvalue weighted by Gasteiger charge is 2.39. The van der Waals surface area contributed by atoms with E-state index < -0.39 is 0 Å². The van der Waals surface area contributed by atoms with Gasteiger partial charge in [-0.1, -0.05) is 11.6 Å². The molecule has 0 radical (unpaired) electrons. The van der Waals surface area contributed by atoms with Crippen LogP contribution in [0.15, 0.2) is 4.52 Å². The van der Waals surface area contributed by atoms with E-state index in [9.17, 15) is 4.79 Å². The molecule has 2 atom stereocenters. The van der Waals surface area contributed by atoms with Gasteiger partial charge >= 0.3 is 0 Å². The van der Waals surface area contributed by atoms with Gasteiger partial charge in [0.05, 0.1) is 5.69 Å². The first kappa shape index (κ1) is 15.5. The maximum Gasteiger partial charge on any atom is 0.220 e. The molecule has 1 heterocycles. The molecule has 2 unspecified atom stereocenters. The third-order valence-corrected chi connectivity index (χ3v) is 5.49. The van der Waals surface area contributed by atoms with E-state index in [1.165, 1.54) is 19.3 Å². The van der Waals surface area contributed by atoms with Crippen LogP contribution in [0.1, 0.15) is 55.5 Å². The predicted octanol–water partition coefficient (Wildman–Crippen LogP) is 2.25. The van der Waals surface area contributed by atoms with E-state index in [0.717, 1.165) is 29.9 Å². The zero-order chi connectivity index (χ0) is 15.7. The number of nitrogens with one attached hydrogen (secondary N) is 1. The zero-order valence-electron chi connectivity index (χ0n) is 13.6. The molecule has 3 rings (SSSR count). The Morgan fingerprint density at radius 3 is 2.59 bits per heavy atom. The van der Waals surface area contributed by atoms with Crippen LogP contribution in [0.3, 0.4) is 0 Å². The molecule has 5 heteroatoms. The van der Waals surface area contributed by atoms with Crippen LogP contribution in [-0.4, -0.2) is 23.1 Å². The van der Waals surface area contributed by atoms with Gasteiger partial charge in [0.25, 0.3) is 0 Å². The Morgan fingerprint density at radius 1 is 1.32 bits per heavy atom. The number of aromatic nitrogens is 1. The van der Waals surface area contributed by atoms with E-state index in [-0.39, 0.29) is 5.91 Å². The van der Waals surface area contributed by atoms with Gasteiger partial charge in [0.15, 0.2) is 0 Å². The quantitative estimate of drug-likeness (QED) is 0.894. The molecule has 2 aliphatic rings. The highest BCUT2D eigenvalue weighted by Crippen LogP contribution is 2.39. The van der Waals surface area contributed by atoms with Crippen molar-refractivity contribution in [2.24, 2.45) is 17.6 Å². The standard InChI is InChI=1S/C17H27N3O2/c1-10-15(11(2)22-20-10)6-7-16(21)19-17-12-4-3-5-13(17)9-14(18)8-12/h12-14,17H,3-9,18H2,1-2H3,(H,19,21). The lowest BCUT2D eigenvalue weighted by Gasteiger charge is -2.45. The smallest absolute Gasteiger partial charge is 0.220 e. The number of carbonyl (C=O) groups is 1.